The van der Waals surface area contributed by atoms with Crippen LogP contribution in [0.5, 0.6) is 0 Å². The smallest absolute Gasteiger partial charge is 0.165 e. The fourth-order valence-electron chi connectivity index (χ4n) is 8.86. The number of hydrogen-bond acceptors (Lipinski definition) is 2. The van der Waals surface area contributed by atoms with Crippen molar-refractivity contribution in [2.45, 2.75) is 0 Å². The van der Waals surface area contributed by atoms with Gasteiger partial charge in [0.25, 0.3) is 0 Å². The molecular weight excluding hydrogens is 633 g/mol. The molecule has 0 saturated heterocycles. The van der Waals surface area contributed by atoms with E-state index in [9.17, 15) is 0 Å². The van der Waals surface area contributed by atoms with Crippen molar-refractivity contribution >= 4 is 81.7 Å². The van der Waals surface area contributed by atoms with Crippen molar-refractivity contribution in [3.05, 3.63) is 170 Å². The number of benzene rings is 8. The molecule has 4 heteroatoms. The van der Waals surface area contributed by atoms with Crippen LogP contribution < -0.4 is 0 Å². The Balaban J connectivity index is 1.37. The van der Waals surface area contributed by atoms with Crippen LogP contribution >= 0.6 is 0 Å². The summed E-state index contributed by atoms with van der Waals surface area (Å²) in [5, 5.41) is 9.67. The van der Waals surface area contributed by atoms with Crippen molar-refractivity contribution < 1.29 is 0 Å². The molecule has 0 unspecified atom stereocenters. The molecule has 0 amide bonds. The maximum atomic E-state index is 5.60. The van der Waals surface area contributed by atoms with Crippen molar-refractivity contribution in [2.75, 3.05) is 0 Å². The summed E-state index contributed by atoms with van der Waals surface area (Å²) in [6.45, 7) is 0. The average molecular weight is 661 g/mol. The van der Waals surface area contributed by atoms with Crippen LogP contribution in [0.1, 0.15) is 0 Å². The summed E-state index contributed by atoms with van der Waals surface area (Å²) in [6, 6.07) is 61.0. The first kappa shape index (κ1) is 27.7. The Kier molecular flexibility index (Phi) is 5.47. The summed E-state index contributed by atoms with van der Waals surface area (Å²) >= 11 is 0. The molecule has 0 aliphatic heterocycles. The highest BCUT2D eigenvalue weighted by Crippen LogP contribution is 2.47. The van der Waals surface area contributed by atoms with Gasteiger partial charge in [0.15, 0.2) is 5.82 Å². The van der Waals surface area contributed by atoms with Gasteiger partial charge in [0.05, 0.1) is 38.6 Å². The molecule has 0 saturated carbocycles. The molecule has 0 atom stereocenters. The molecule has 0 fully saturated rings. The van der Waals surface area contributed by atoms with Crippen LogP contribution in [0.2, 0.25) is 0 Å². The van der Waals surface area contributed by atoms with Crippen molar-refractivity contribution in [1.82, 2.24) is 18.9 Å². The normalized spacial score (nSPS) is 12.2. The highest BCUT2D eigenvalue weighted by molar-refractivity contribution is 6.32. The fourth-order valence-corrected chi connectivity index (χ4v) is 8.86. The van der Waals surface area contributed by atoms with Crippen molar-refractivity contribution in [2.24, 2.45) is 0 Å². The molecule has 0 bridgehead atoms. The van der Waals surface area contributed by atoms with Gasteiger partial charge in [0, 0.05) is 43.4 Å². The third-order valence-electron chi connectivity index (χ3n) is 11.0. The third kappa shape index (κ3) is 3.60. The Labute approximate surface area is 297 Å². The van der Waals surface area contributed by atoms with Gasteiger partial charge < -0.3 is 4.40 Å². The molecule has 0 aliphatic carbocycles. The molecule has 0 spiro atoms. The molecule has 0 N–H and O–H groups in total. The summed E-state index contributed by atoms with van der Waals surface area (Å²) in [6.07, 6.45) is 0. The number of aromatic nitrogens is 4. The van der Waals surface area contributed by atoms with E-state index in [0.717, 1.165) is 61.0 Å². The van der Waals surface area contributed by atoms with E-state index in [-0.39, 0.29) is 0 Å². The number of hydrogen-bond donors (Lipinski definition) is 0. The summed E-state index contributed by atoms with van der Waals surface area (Å²) in [5.74, 6) is 0.817. The molecule has 4 aromatic heterocycles. The third-order valence-corrected chi connectivity index (χ3v) is 11.0. The van der Waals surface area contributed by atoms with Crippen LogP contribution in [-0.4, -0.2) is 18.9 Å². The first-order chi connectivity index (χ1) is 25.8. The number of nitrogens with zero attached hydrogens (tertiary/aromatic N) is 4. The van der Waals surface area contributed by atoms with Gasteiger partial charge in [-0.15, -0.1) is 0 Å². The SMILES string of the molecule is c1ccc(-c2nc3c(ccc4ccccc43)nc2-n2c3cccc4c5cccc6c7ccccc7n(c7ccc(-c8ccccc8)c2c7c43)c56)cc1. The molecule has 240 valence electrons. The van der Waals surface area contributed by atoms with E-state index < -0.39 is 0 Å². The zero-order valence-electron chi connectivity index (χ0n) is 28.0. The Morgan fingerprint density at radius 1 is 0.385 bits per heavy atom. The highest BCUT2D eigenvalue weighted by atomic mass is 15.1. The number of fused-ring (bicyclic) bond motifs is 8. The Hall–Kier alpha value is -7.04. The quantitative estimate of drug-likeness (QED) is 0.177. The maximum absolute atomic E-state index is 5.60. The minimum absolute atomic E-state index is 0.817. The Morgan fingerprint density at radius 2 is 1.04 bits per heavy atom. The molecule has 8 aromatic carbocycles. The lowest BCUT2D eigenvalue weighted by Gasteiger charge is -2.16. The van der Waals surface area contributed by atoms with E-state index in [4.69, 9.17) is 9.97 Å². The van der Waals surface area contributed by atoms with Crippen LogP contribution in [0.4, 0.5) is 0 Å². The fraction of sp³-hybridized carbons (Fsp3) is 0. The van der Waals surface area contributed by atoms with Gasteiger partial charge in [-0.1, -0.05) is 146 Å². The Bertz CT molecular complexity index is 3390. The van der Waals surface area contributed by atoms with E-state index in [1.54, 1.807) is 0 Å². The van der Waals surface area contributed by atoms with E-state index in [0.29, 0.717) is 0 Å². The lowest BCUT2D eigenvalue weighted by Crippen LogP contribution is -2.05. The topological polar surface area (TPSA) is 35.1 Å². The lowest BCUT2D eigenvalue weighted by atomic mass is 9.99. The van der Waals surface area contributed by atoms with Gasteiger partial charge in [-0.25, -0.2) is 9.97 Å². The van der Waals surface area contributed by atoms with Gasteiger partial charge in [-0.05, 0) is 40.6 Å². The second-order valence-corrected chi connectivity index (χ2v) is 13.7. The van der Waals surface area contributed by atoms with Gasteiger partial charge in [-0.3, -0.25) is 4.57 Å². The minimum atomic E-state index is 0.817. The summed E-state index contributed by atoms with van der Waals surface area (Å²) < 4.78 is 4.90. The van der Waals surface area contributed by atoms with Crippen molar-refractivity contribution in [3.63, 3.8) is 0 Å². The zero-order chi connectivity index (χ0) is 33.9. The second kappa shape index (κ2) is 10.3. The molecular formula is C48H28N4. The summed E-state index contributed by atoms with van der Waals surface area (Å²) in [7, 11) is 0. The van der Waals surface area contributed by atoms with Gasteiger partial charge >= 0.3 is 0 Å². The highest BCUT2D eigenvalue weighted by Gasteiger charge is 2.26. The molecule has 12 rings (SSSR count). The van der Waals surface area contributed by atoms with Crippen molar-refractivity contribution in [1.29, 1.82) is 0 Å². The summed E-state index contributed by atoms with van der Waals surface area (Å²) in [5.41, 5.74) is 11.8. The van der Waals surface area contributed by atoms with Crippen molar-refractivity contribution in [3.8, 4) is 28.2 Å². The predicted octanol–water partition coefficient (Wildman–Crippen LogP) is 12.4. The summed E-state index contributed by atoms with van der Waals surface area (Å²) in [4.78, 5) is 11.1. The molecule has 4 nitrogen and oxygen atoms in total. The van der Waals surface area contributed by atoms with Crippen LogP contribution in [-0.2, 0) is 0 Å². The van der Waals surface area contributed by atoms with E-state index >= 15 is 0 Å². The largest absolute Gasteiger partial charge is 0.308 e. The van der Waals surface area contributed by atoms with Gasteiger partial charge in [0.1, 0.15) is 5.69 Å². The lowest BCUT2D eigenvalue weighted by molar-refractivity contribution is 1.08. The number of rotatable bonds is 3. The molecule has 0 radical (unpaired) electrons. The predicted molar refractivity (Wildman–Crippen MR) is 217 cm³/mol. The van der Waals surface area contributed by atoms with Gasteiger partial charge in [-0.2, -0.15) is 0 Å². The van der Waals surface area contributed by atoms with E-state index in [1.165, 1.54) is 48.9 Å². The minimum Gasteiger partial charge on any atom is -0.308 e. The molecule has 52 heavy (non-hydrogen) atoms. The maximum Gasteiger partial charge on any atom is 0.165 e. The van der Waals surface area contributed by atoms with Crippen LogP contribution in [0.3, 0.4) is 0 Å². The first-order valence-corrected chi connectivity index (χ1v) is 17.8. The van der Waals surface area contributed by atoms with Gasteiger partial charge in [0.2, 0.25) is 0 Å². The Morgan fingerprint density at radius 3 is 1.88 bits per heavy atom. The molecule has 12 aromatic rings. The zero-order valence-corrected chi connectivity index (χ0v) is 28.0. The van der Waals surface area contributed by atoms with Crippen LogP contribution in [0.15, 0.2) is 170 Å². The van der Waals surface area contributed by atoms with E-state index in [2.05, 4.69) is 179 Å². The first-order valence-electron chi connectivity index (χ1n) is 17.8. The monoisotopic (exact) mass is 660 g/mol. The second-order valence-electron chi connectivity index (χ2n) is 13.7. The molecule has 0 aliphatic rings. The average Bonchev–Trinajstić information content (AvgIpc) is 3.70. The standard InChI is InChI=1S/C48H28N4/c1-3-13-29(14-4-1)33-26-28-41-43-42-35(37-22-11-21-36-34-19-9-10-23-39(34)51(41)46(36)37)20-12-24-40(42)52(47(33)43)48-44(31-16-5-2-6-17-31)50-45-32-18-8-7-15-30(32)25-27-38(45)49-48/h1-28H. The number of para-hydroxylation sites is 2. The molecule has 4 heterocycles. The van der Waals surface area contributed by atoms with Crippen LogP contribution in [0, 0.1) is 0 Å². The van der Waals surface area contributed by atoms with E-state index in [1.807, 2.05) is 0 Å². The van der Waals surface area contributed by atoms with Crippen LogP contribution in [0.25, 0.3) is 110 Å².